The molecule has 1 N–H and O–H groups in total. The van der Waals surface area contributed by atoms with E-state index in [0.717, 1.165) is 18.1 Å². The predicted molar refractivity (Wildman–Crippen MR) is 82.2 cm³/mol. The number of hydrogen-bond donors (Lipinski definition) is 1. The summed E-state index contributed by atoms with van der Waals surface area (Å²) in [6.45, 7) is 6.19. The first-order chi connectivity index (χ1) is 9.76. The molecule has 0 aromatic heterocycles. The van der Waals surface area contributed by atoms with Gasteiger partial charge < -0.3 is 15.0 Å². The second-order valence-corrected chi connectivity index (χ2v) is 6.33. The van der Waals surface area contributed by atoms with Crippen molar-refractivity contribution in [3.8, 4) is 5.75 Å². The Hall–Kier alpha value is -1.06. The van der Waals surface area contributed by atoms with Gasteiger partial charge in [-0.2, -0.15) is 0 Å². The zero-order valence-electron chi connectivity index (χ0n) is 12.6. The maximum absolute atomic E-state index is 5.45. The molecule has 3 nitrogen and oxygen atoms in total. The molecular formula is C17H26N2O. The van der Waals surface area contributed by atoms with Crippen LogP contribution in [-0.2, 0) is 6.42 Å². The maximum Gasteiger partial charge on any atom is 0.122 e. The normalized spacial score (nSPS) is 30.2. The molecule has 0 amide bonds. The van der Waals surface area contributed by atoms with E-state index in [9.17, 15) is 0 Å². The van der Waals surface area contributed by atoms with Gasteiger partial charge in [0.05, 0.1) is 7.11 Å². The van der Waals surface area contributed by atoms with Gasteiger partial charge in [-0.1, -0.05) is 18.2 Å². The molecule has 4 unspecified atom stereocenters. The number of methoxy groups -OCH3 is 1. The number of hydrogen-bond acceptors (Lipinski definition) is 3. The number of para-hydroxylation sites is 1. The summed E-state index contributed by atoms with van der Waals surface area (Å²) in [4.78, 5) is 2.60. The molecule has 0 saturated carbocycles. The summed E-state index contributed by atoms with van der Waals surface area (Å²) in [5.41, 5.74) is 1.30. The minimum atomic E-state index is 0.503. The van der Waals surface area contributed by atoms with E-state index in [1.54, 1.807) is 7.11 Å². The highest BCUT2D eigenvalue weighted by Gasteiger charge is 2.34. The number of nitrogens with one attached hydrogen (secondary N) is 1. The van der Waals surface area contributed by atoms with Crippen LogP contribution in [0.1, 0.15) is 25.3 Å². The molecule has 0 aliphatic carbocycles. The van der Waals surface area contributed by atoms with Crippen LogP contribution in [-0.4, -0.2) is 43.7 Å². The monoisotopic (exact) mass is 274 g/mol. The number of piperidine rings is 1. The van der Waals surface area contributed by atoms with E-state index in [1.807, 2.05) is 6.07 Å². The third-order valence-electron chi connectivity index (χ3n) is 4.85. The van der Waals surface area contributed by atoms with Gasteiger partial charge >= 0.3 is 0 Å². The van der Waals surface area contributed by atoms with E-state index >= 15 is 0 Å². The first kappa shape index (κ1) is 13.9. The number of ether oxygens (including phenoxy) is 1. The first-order valence-corrected chi connectivity index (χ1v) is 7.86. The summed E-state index contributed by atoms with van der Waals surface area (Å²) in [6, 6.07) is 9.57. The van der Waals surface area contributed by atoms with E-state index in [4.69, 9.17) is 4.74 Å². The van der Waals surface area contributed by atoms with E-state index < -0.39 is 0 Å². The van der Waals surface area contributed by atoms with Crippen LogP contribution in [0, 0.1) is 5.92 Å². The highest BCUT2D eigenvalue weighted by Crippen LogP contribution is 2.28. The summed E-state index contributed by atoms with van der Waals surface area (Å²) < 4.78 is 5.45. The predicted octanol–water partition coefficient (Wildman–Crippen LogP) is 2.31. The Labute approximate surface area is 122 Å². The minimum absolute atomic E-state index is 0.503. The minimum Gasteiger partial charge on any atom is -0.496 e. The average Bonchev–Trinajstić information content (AvgIpc) is 2.85. The molecule has 1 aromatic carbocycles. The largest absolute Gasteiger partial charge is 0.496 e. The Morgan fingerprint density at radius 2 is 2.10 bits per heavy atom. The van der Waals surface area contributed by atoms with Crippen LogP contribution in [0.5, 0.6) is 5.75 Å². The lowest BCUT2D eigenvalue weighted by Gasteiger charge is -2.33. The fraction of sp³-hybridized carbons (Fsp3) is 0.647. The lowest BCUT2D eigenvalue weighted by Crippen LogP contribution is -2.47. The topological polar surface area (TPSA) is 24.5 Å². The van der Waals surface area contributed by atoms with Crippen LogP contribution in [0.2, 0.25) is 0 Å². The summed E-state index contributed by atoms with van der Waals surface area (Å²) in [5, 5.41) is 3.86. The van der Waals surface area contributed by atoms with Gasteiger partial charge in [0.15, 0.2) is 0 Å². The maximum atomic E-state index is 5.45. The zero-order chi connectivity index (χ0) is 13.9. The van der Waals surface area contributed by atoms with Gasteiger partial charge in [-0.25, -0.2) is 0 Å². The van der Waals surface area contributed by atoms with Gasteiger partial charge in [0, 0.05) is 18.6 Å². The quantitative estimate of drug-likeness (QED) is 0.892. The Bertz CT molecular complexity index is 448. The molecule has 0 radical (unpaired) electrons. The van der Waals surface area contributed by atoms with Crippen molar-refractivity contribution in [1.82, 2.24) is 10.2 Å². The Balaban J connectivity index is 1.58. The molecule has 4 atom stereocenters. The fourth-order valence-corrected chi connectivity index (χ4v) is 3.80. The van der Waals surface area contributed by atoms with Crippen molar-refractivity contribution < 1.29 is 4.74 Å². The lowest BCUT2D eigenvalue weighted by atomic mass is 9.93. The summed E-state index contributed by atoms with van der Waals surface area (Å²) in [6.07, 6.45) is 3.72. The molecule has 1 aromatic rings. The van der Waals surface area contributed by atoms with Gasteiger partial charge in [0.1, 0.15) is 5.75 Å². The van der Waals surface area contributed by atoms with Crippen molar-refractivity contribution in [2.45, 2.75) is 38.3 Å². The second-order valence-electron chi connectivity index (χ2n) is 6.33. The van der Waals surface area contributed by atoms with Crippen LogP contribution in [0.25, 0.3) is 0 Å². The lowest BCUT2D eigenvalue weighted by molar-refractivity contribution is 0.211. The Kier molecular flexibility index (Phi) is 4.27. The Morgan fingerprint density at radius 3 is 2.95 bits per heavy atom. The second kappa shape index (κ2) is 6.15. The van der Waals surface area contributed by atoms with Crippen molar-refractivity contribution in [3.63, 3.8) is 0 Å². The van der Waals surface area contributed by atoms with Crippen molar-refractivity contribution >= 4 is 0 Å². The molecule has 2 heterocycles. The standard InChI is InChI=1S/C17H26N2O/c1-13(11-14-5-3-4-6-17(14)20-2)18-16-8-10-19-9-7-15(16)12-19/h3-6,13,15-16,18H,7-12H2,1-2H3. The highest BCUT2D eigenvalue weighted by atomic mass is 16.5. The van der Waals surface area contributed by atoms with E-state index in [1.165, 1.54) is 38.0 Å². The number of rotatable bonds is 5. The molecule has 3 heteroatoms. The zero-order valence-corrected chi connectivity index (χ0v) is 12.6. The van der Waals surface area contributed by atoms with Crippen LogP contribution in [0.3, 0.4) is 0 Å². The smallest absolute Gasteiger partial charge is 0.122 e. The molecular weight excluding hydrogens is 248 g/mol. The third kappa shape index (κ3) is 2.99. The number of benzene rings is 1. The molecule has 2 saturated heterocycles. The third-order valence-corrected chi connectivity index (χ3v) is 4.85. The molecule has 2 aliphatic heterocycles. The summed E-state index contributed by atoms with van der Waals surface area (Å²) in [7, 11) is 1.76. The van der Waals surface area contributed by atoms with Crippen molar-refractivity contribution in [3.05, 3.63) is 29.8 Å². The summed E-state index contributed by atoms with van der Waals surface area (Å²) >= 11 is 0. The molecule has 2 bridgehead atoms. The van der Waals surface area contributed by atoms with Gasteiger partial charge in [-0.15, -0.1) is 0 Å². The first-order valence-electron chi connectivity index (χ1n) is 7.86. The van der Waals surface area contributed by atoms with Crippen LogP contribution >= 0.6 is 0 Å². The molecule has 110 valence electrons. The molecule has 2 fully saturated rings. The average molecular weight is 274 g/mol. The van der Waals surface area contributed by atoms with Crippen molar-refractivity contribution in [2.75, 3.05) is 26.7 Å². The molecule has 20 heavy (non-hydrogen) atoms. The molecule has 3 rings (SSSR count). The van der Waals surface area contributed by atoms with Crippen molar-refractivity contribution in [2.24, 2.45) is 5.92 Å². The van der Waals surface area contributed by atoms with Crippen LogP contribution < -0.4 is 10.1 Å². The fourth-order valence-electron chi connectivity index (χ4n) is 3.80. The van der Waals surface area contributed by atoms with Gasteiger partial charge in [-0.05, 0) is 56.8 Å². The molecule has 0 spiro atoms. The SMILES string of the molecule is COc1ccccc1CC(C)NC1CCN2CCC1C2. The molecule has 2 aliphatic rings. The van der Waals surface area contributed by atoms with Crippen LogP contribution in [0.15, 0.2) is 24.3 Å². The van der Waals surface area contributed by atoms with E-state index in [2.05, 4.69) is 35.3 Å². The van der Waals surface area contributed by atoms with Gasteiger partial charge in [0.2, 0.25) is 0 Å². The highest BCUT2D eigenvalue weighted by molar-refractivity contribution is 5.33. The number of fused-ring (bicyclic) bond motifs is 2. The van der Waals surface area contributed by atoms with E-state index in [0.29, 0.717) is 12.1 Å². The Morgan fingerprint density at radius 1 is 1.30 bits per heavy atom. The summed E-state index contributed by atoms with van der Waals surface area (Å²) in [5.74, 6) is 1.88. The van der Waals surface area contributed by atoms with Gasteiger partial charge in [-0.3, -0.25) is 0 Å². The van der Waals surface area contributed by atoms with Gasteiger partial charge in [0.25, 0.3) is 0 Å². The van der Waals surface area contributed by atoms with Crippen LogP contribution in [0.4, 0.5) is 0 Å². The number of nitrogens with zero attached hydrogens (tertiary/aromatic N) is 1. The van der Waals surface area contributed by atoms with Crippen molar-refractivity contribution in [1.29, 1.82) is 0 Å². The van der Waals surface area contributed by atoms with E-state index in [-0.39, 0.29) is 0 Å².